The van der Waals surface area contributed by atoms with Gasteiger partial charge in [-0.15, -0.1) is 11.3 Å². The molecule has 0 fully saturated rings. The van der Waals surface area contributed by atoms with Crippen LogP contribution in [-0.2, 0) is 6.54 Å². The quantitative estimate of drug-likeness (QED) is 0.614. The summed E-state index contributed by atoms with van der Waals surface area (Å²) < 4.78 is 14.0. The number of anilines is 1. The van der Waals surface area contributed by atoms with Crippen LogP contribution in [0, 0.1) is 12.7 Å². The van der Waals surface area contributed by atoms with Crippen molar-refractivity contribution in [3.8, 4) is 10.6 Å². The number of urea groups is 1. The first-order chi connectivity index (χ1) is 12.9. The Kier molecular flexibility index (Phi) is 5.86. The molecule has 1 N–H and O–H groups in total. The van der Waals surface area contributed by atoms with Crippen molar-refractivity contribution in [1.29, 1.82) is 0 Å². The van der Waals surface area contributed by atoms with Crippen LogP contribution in [0.4, 0.5) is 14.9 Å². The Balaban J connectivity index is 1.79. The zero-order valence-corrected chi connectivity index (χ0v) is 16.4. The smallest absolute Gasteiger partial charge is 0.318 e. The Morgan fingerprint density at radius 2 is 2.07 bits per heavy atom. The maximum atomic E-state index is 14.0. The summed E-state index contributed by atoms with van der Waals surface area (Å²) in [6.07, 6.45) is 1.77. The minimum atomic E-state index is -0.441. The normalized spacial score (nSPS) is 10.9. The lowest BCUT2D eigenvalue weighted by atomic mass is 10.1. The van der Waals surface area contributed by atoms with E-state index in [-0.39, 0.29) is 17.8 Å². The van der Waals surface area contributed by atoms with Crippen molar-refractivity contribution in [3.63, 3.8) is 0 Å². The highest BCUT2D eigenvalue weighted by molar-refractivity contribution is 7.13. The summed E-state index contributed by atoms with van der Waals surface area (Å²) in [5.41, 5.74) is 3.11. The molecular weight excluding hydrogens is 361 g/mol. The number of rotatable bonds is 5. The zero-order chi connectivity index (χ0) is 19.4. The van der Waals surface area contributed by atoms with Crippen LogP contribution in [0.5, 0.6) is 0 Å². The van der Waals surface area contributed by atoms with Crippen LogP contribution in [0.15, 0.2) is 54.0 Å². The fourth-order valence-electron chi connectivity index (χ4n) is 2.78. The van der Waals surface area contributed by atoms with Crippen molar-refractivity contribution in [2.45, 2.75) is 33.4 Å². The Morgan fingerprint density at radius 3 is 2.78 bits per heavy atom. The average Bonchev–Trinajstić information content (AvgIpc) is 3.17. The fraction of sp³-hybridized carbons (Fsp3) is 0.238. The van der Waals surface area contributed by atoms with Gasteiger partial charge in [0.05, 0.1) is 5.69 Å². The summed E-state index contributed by atoms with van der Waals surface area (Å²) >= 11 is 1.58. The number of halogens is 1. The first-order valence-electron chi connectivity index (χ1n) is 8.76. The van der Waals surface area contributed by atoms with Crippen molar-refractivity contribution in [2.24, 2.45) is 0 Å². The SMILES string of the molecule is Cc1ccc(F)c(NC(=O)N(Cc2cccc(-c3nccs3)c2)C(C)C)c1. The Bertz CT molecular complexity index is 925. The molecule has 0 aliphatic carbocycles. The first kappa shape index (κ1) is 19.0. The van der Waals surface area contributed by atoms with Crippen LogP contribution in [0.1, 0.15) is 25.0 Å². The third-order valence-corrected chi connectivity index (χ3v) is 5.03. The van der Waals surface area contributed by atoms with Crippen LogP contribution < -0.4 is 5.32 Å². The summed E-state index contributed by atoms with van der Waals surface area (Å²) in [4.78, 5) is 18.8. The van der Waals surface area contributed by atoms with E-state index in [1.807, 2.05) is 50.4 Å². The van der Waals surface area contributed by atoms with E-state index in [0.717, 1.165) is 21.7 Å². The molecule has 3 rings (SSSR count). The molecule has 0 spiro atoms. The van der Waals surface area contributed by atoms with Crippen molar-refractivity contribution in [2.75, 3.05) is 5.32 Å². The molecule has 27 heavy (non-hydrogen) atoms. The number of hydrogen-bond donors (Lipinski definition) is 1. The third kappa shape index (κ3) is 4.71. The number of thiazole rings is 1. The monoisotopic (exact) mass is 383 g/mol. The summed E-state index contributed by atoms with van der Waals surface area (Å²) in [6, 6.07) is 12.3. The molecule has 1 heterocycles. The molecule has 6 heteroatoms. The van der Waals surface area contributed by atoms with E-state index >= 15 is 0 Å². The number of benzene rings is 2. The molecule has 4 nitrogen and oxygen atoms in total. The number of carbonyl (C=O) groups excluding carboxylic acids is 1. The highest BCUT2D eigenvalue weighted by Gasteiger charge is 2.19. The Morgan fingerprint density at radius 1 is 1.26 bits per heavy atom. The number of nitrogens with one attached hydrogen (secondary N) is 1. The van der Waals surface area contributed by atoms with Crippen LogP contribution in [0.25, 0.3) is 10.6 Å². The minimum Gasteiger partial charge on any atom is -0.318 e. The molecule has 140 valence electrons. The van der Waals surface area contributed by atoms with Crippen molar-refractivity contribution >= 4 is 23.1 Å². The molecule has 0 bridgehead atoms. The molecule has 0 unspecified atom stereocenters. The number of aromatic nitrogens is 1. The molecule has 1 aromatic heterocycles. The second-order valence-electron chi connectivity index (χ2n) is 6.67. The van der Waals surface area contributed by atoms with Gasteiger partial charge in [0.1, 0.15) is 10.8 Å². The molecular formula is C21H22FN3OS. The predicted octanol–water partition coefficient (Wildman–Crippen LogP) is 5.70. The first-order valence-corrected chi connectivity index (χ1v) is 9.64. The van der Waals surface area contributed by atoms with E-state index < -0.39 is 5.82 Å². The molecule has 0 radical (unpaired) electrons. The second-order valence-corrected chi connectivity index (χ2v) is 7.57. The van der Waals surface area contributed by atoms with E-state index in [4.69, 9.17) is 0 Å². The number of amides is 2. The van der Waals surface area contributed by atoms with Gasteiger partial charge in [-0.1, -0.05) is 24.3 Å². The third-order valence-electron chi connectivity index (χ3n) is 4.21. The van der Waals surface area contributed by atoms with Crippen molar-refractivity contribution in [1.82, 2.24) is 9.88 Å². The summed E-state index contributed by atoms with van der Waals surface area (Å²) in [5.74, 6) is -0.441. The van der Waals surface area contributed by atoms with Gasteiger partial charge in [0.2, 0.25) is 0 Å². The number of aryl methyl sites for hydroxylation is 1. The lowest BCUT2D eigenvalue weighted by Crippen LogP contribution is -2.39. The van der Waals surface area contributed by atoms with Gasteiger partial charge in [0.25, 0.3) is 0 Å². The van der Waals surface area contributed by atoms with Gasteiger partial charge in [-0.3, -0.25) is 0 Å². The minimum absolute atomic E-state index is 0.0404. The molecule has 2 amide bonds. The van der Waals surface area contributed by atoms with Crippen LogP contribution in [0.2, 0.25) is 0 Å². The highest BCUT2D eigenvalue weighted by Crippen LogP contribution is 2.24. The van der Waals surface area contributed by atoms with Gasteiger partial charge in [-0.2, -0.15) is 0 Å². The number of hydrogen-bond acceptors (Lipinski definition) is 3. The van der Waals surface area contributed by atoms with E-state index in [9.17, 15) is 9.18 Å². The van der Waals surface area contributed by atoms with E-state index in [0.29, 0.717) is 6.54 Å². The van der Waals surface area contributed by atoms with Gasteiger partial charge < -0.3 is 10.2 Å². The lowest BCUT2D eigenvalue weighted by Gasteiger charge is -2.27. The lowest BCUT2D eigenvalue weighted by molar-refractivity contribution is 0.193. The molecule has 0 aliphatic rings. The largest absolute Gasteiger partial charge is 0.322 e. The molecule has 0 saturated carbocycles. The fourth-order valence-corrected chi connectivity index (χ4v) is 3.41. The van der Waals surface area contributed by atoms with E-state index in [1.165, 1.54) is 6.07 Å². The number of carbonyl (C=O) groups is 1. The standard InChI is InChI=1S/C21H22FN3OS/c1-14(2)25(21(26)24-19-11-15(3)7-8-18(19)22)13-16-5-4-6-17(12-16)20-23-9-10-27-20/h4-12,14H,13H2,1-3H3,(H,24,26). The zero-order valence-electron chi connectivity index (χ0n) is 15.6. The molecule has 0 aliphatic heterocycles. The number of nitrogens with zero attached hydrogens (tertiary/aromatic N) is 2. The predicted molar refractivity (Wildman–Crippen MR) is 108 cm³/mol. The van der Waals surface area contributed by atoms with Gasteiger partial charge in [-0.05, 0) is 50.1 Å². The summed E-state index contributed by atoms with van der Waals surface area (Å²) in [5, 5.41) is 5.58. The van der Waals surface area contributed by atoms with E-state index in [2.05, 4.69) is 10.3 Å². The Hall–Kier alpha value is -2.73. The van der Waals surface area contributed by atoms with Gasteiger partial charge in [0, 0.05) is 29.7 Å². The average molecular weight is 383 g/mol. The molecule has 0 atom stereocenters. The van der Waals surface area contributed by atoms with Crippen molar-refractivity contribution in [3.05, 3.63) is 71.0 Å². The summed E-state index contributed by atoms with van der Waals surface area (Å²) in [7, 11) is 0. The second kappa shape index (κ2) is 8.31. The molecule has 2 aromatic carbocycles. The van der Waals surface area contributed by atoms with Gasteiger partial charge >= 0.3 is 6.03 Å². The van der Waals surface area contributed by atoms with E-state index in [1.54, 1.807) is 34.6 Å². The Labute approximate surface area is 162 Å². The summed E-state index contributed by atoms with van der Waals surface area (Å²) in [6.45, 7) is 6.17. The van der Waals surface area contributed by atoms with Crippen LogP contribution in [-0.4, -0.2) is 22.0 Å². The van der Waals surface area contributed by atoms with Crippen LogP contribution >= 0.6 is 11.3 Å². The van der Waals surface area contributed by atoms with Crippen molar-refractivity contribution < 1.29 is 9.18 Å². The molecule has 0 saturated heterocycles. The maximum Gasteiger partial charge on any atom is 0.322 e. The highest BCUT2D eigenvalue weighted by atomic mass is 32.1. The van der Waals surface area contributed by atoms with Crippen LogP contribution in [0.3, 0.4) is 0 Å². The maximum absolute atomic E-state index is 14.0. The van der Waals surface area contributed by atoms with Gasteiger partial charge in [-0.25, -0.2) is 14.2 Å². The topological polar surface area (TPSA) is 45.2 Å². The van der Waals surface area contributed by atoms with Gasteiger partial charge in [0.15, 0.2) is 0 Å². The molecule has 3 aromatic rings.